The number of carbonyl (C=O) groups is 1. The van der Waals surface area contributed by atoms with Crippen molar-refractivity contribution >= 4 is 5.97 Å². The summed E-state index contributed by atoms with van der Waals surface area (Å²) < 4.78 is 10.8. The SMILES string of the molecule is CCNC(CC)(CCCOCCOC(C)C)C(=O)O. The highest BCUT2D eigenvalue weighted by Crippen LogP contribution is 2.18. The van der Waals surface area contributed by atoms with Crippen LogP contribution in [0.4, 0.5) is 0 Å². The van der Waals surface area contributed by atoms with Crippen LogP contribution in [0.15, 0.2) is 0 Å². The van der Waals surface area contributed by atoms with Crippen LogP contribution < -0.4 is 5.32 Å². The summed E-state index contributed by atoms with van der Waals surface area (Å²) >= 11 is 0. The average Bonchev–Trinajstić information content (AvgIpc) is 2.35. The van der Waals surface area contributed by atoms with Gasteiger partial charge in [0.05, 0.1) is 19.3 Å². The molecule has 0 fully saturated rings. The van der Waals surface area contributed by atoms with Gasteiger partial charge in [0.25, 0.3) is 0 Å². The molecule has 0 aliphatic rings. The smallest absolute Gasteiger partial charge is 0.323 e. The van der Waals surface area contributed by atoms with Gasteiger partial charge in [-0.15, -0.1) is 0 Å². The molecule has 0 aromatic heterocycles. The van der Waals surface area contributed by atoms with Crippen LogP contribution in [0.5, 0.6) is 0 Å². The summed E-state index contributed by atoms with van der Waals surface area (Å²) in [5.41, 5.74) is -0.813. The zero-order chi connectivity index (χ0) is 14.7. The number of carboxylic acids is 1. The molecule has 0 saturated heterocycles. The van der Waals surface area contributed by atoms with E-state index in [1.807, 2.05) is 27.7 Å². The van der Waals surface area contributed by atoms with Crippen molar-refractivity contribution in [3.8, 4) is 0 Å². The summed E-state index contributed by atoms with van der Waals surface area (Å²) in [7, 11) is 0. The molecule has 0 aromatic rings. The fraction of sp³-hybridized carbons (Fsp3) is 0.929. The molecular weight excluding hydrogens is 246 g/mol. The van der Waals surface area contributed by atoms with E-state index < -0.39 is 11.5 Å². The maximum absolute atomic E-state index is 11.4. The maximum Gasteiger partial charge on any atom is 0.323 e. The fourth-order valence-corrected chi connectivity index (χ4v) is 1.98. The van der Waals surface area contributed by atoms with Crippen molar-refractivity contribution in [1.82, 2.24) is 5.32 Å². The minimum Gasteiger partial charge on any atom is -0.480 e. The van der Waals surface area contributed by atoms with Crippen molar-refractivity contribution in [2.24, 2.45) is 0 Å². The Morgan fingerprint density at radius 3 is 2.42 bits per heavy atom. The van der Waals surface area contributed by atoms with E-state index in [-0.39, 0.29) is 6.10 Å². The summed E-state index contributed by atoms with van der Waals surface area (Å²) in [6.45, 7) is 10.2. The third kappa shape index (κ3) is 7.50. The van der Waals surface area contributed by atoms with Gasteiger partial charge in [-0.25, -0.2) is 0 Å². The van der Waals surface area contributed by atoms with E-state index in [2.05, 4.69) is 5.32 Å². The van der Waals surface area contributed by atoms with E-state index in [0.29, 0.717) is 39.2 Å². The summed E-state index contributed by atoms with van der Waals surface area (Å²) in [6, 6.07) is 0. The van der Waals surface area contributed by atoms with E-state index in [1.54, 1.807) is 0 Å². The van der Waals surface area contributed by atoms with Gasteiger partial charge in [0.1, 0.15) is 5.54 Å². The van der Waals surface area contributed by atoms with Gasteiger partial charge in [0.2, 0.25) is 0 Å². The largest absolute Gasteiger partial charge is 0.480 e. The lowest BCUT2D eigenvalue weighted by Crippen LogP contribution is -2.51. The Kier molecular flexibility index (Phi) is 9.83. The van der Waals surface area contributed by atoms with Crippen molar-refractivity contribution in [3.63, 3.8) is 0 Å². The molecule has 0 heterocycles. The molecule has 0 aliphatic heterocycles. The third-order valence-corrected chi connectivity index (χ3v) is 3.10. The first-order valence-electron chi connectivity index (χ1n) is 7.16. The quantitative estimate of drug-likeness (QED) is 0.534. The average molecular weight is 275 g/mol. The van der Waals surface area contributed by atoms with Gasteiger partial charge in [-0.05, 0) is 39.7 Å². The standard InChI is InChI=1S/C14H29NO4/c1-5-14(13(16)17,15-6-2)8-7-9-18-10-11-19-12(3)4/h12,15H,5-11H2,1-4H3,(H,16,17). The number of ether oxygens (including phenoxy) is 2. The lowest BCUT2D eigenvalue weighted by molar-refractivity contribution is -0.145. The minimum absolute atomic E-state index is 0.220. The Hall–Kier alpha value is -0.650. The van der Waals surface area contributed by atoms with Crippen molar-refractivity contribution in [3.05, 3.63) is 0 Å². The second-order valence-electron chi connectivity index (χ2n) is 4.91. The van der Waals surface area contributed by atoms with Crippen LogP contribution in [-0.2, 0) is 14.3 Å². The van der Waals surface area contributed by atoms with Gasteiger partial charge in [-0.3, -0.25) is 4.79 Å². The predicted molar refractivity (Wildman–Crippen MR) is 75.5 cm³/mol. The number of hydrogen-bond acceptors (Lipinski definition) is 4. The monoisotopic (exact) mass is 275 g/mol. The highest BCUT2D eigenvalue weighted by atomic mass is 16.5. The Balaban J connectivity index is 3.85. The highest BCUT2D eigenvalue weighted by molar-refractivity contribution is 5.78. The van der Waals surface area contributed by atoms with Crippen LogP contribution in [0, 0.1) is 0 Å². The second-order valence-corrected chi connectivity index (χ2v) is 4.91. The molecular formula is C14H29NO4. The molecule has 0 aromatic carbocycles. The van der Waals surface area contributed by atoms with E-state index in [4.69, 9.17) is 9.47 Å². The lowest BCUT2D eigenvalue weighted by atomic mass is 9.90. The normalized spacial score (nSPS) is 14.6. The number of aliphatic carboxylic acids is 1. The van der Waals surface area contributed by atoms with Gasteiger partial charge in [-0.1, -0.05) is 13.8 Å². The highest BCUT2D eigenvalue weighted by Gasteiger charge is 2.34. The number of nitrogens with one attached hydrogen (secondary N) is 1. The molecule has 0 amide bonds. The van der Waals surface area contributed by atoms with E-state index in [1.165, 1.54) is 0 Å². The van der Waals surface area contributed by atoms with Crippen molar-refractivity contribution in [2.45, 2.75) is 58.6 Å². The first kappa shape index (κ1) is 18.4. The molecule has 5 heteroatoms. The van der Waals surface area contributed by atoms with Crippen molar-refractivity contribution in [1.29, 1.82) is 0 Å². The Labute approximate surface area is 116 Å². The zero-order valence-electron chi connectivity index (χ0n) is 12.7. The molecule has 114 valence electrons. The molecule has 1 unspecified atom stereocenters. The lowest BCUT2D eigenvalue weighted by Gasteiger charge is -2.29. The van der Waals surface area contributed by atoms with Gasteiger partial charge in [-0.2, -0.15) is 0 Å². The number of carboxylic acid groups (broad SMARTS) is 1. The van der Waals surface area contributed by atoms with Gasteiger partial charge in [0.15, 0.2) is 0 Å². The van der Waals surface area contributed by atoms with Crippen LogP contribution in [0.3, 0.4) is 0 Å². The summed E-state index contributed by atoms with van der Waals surface area (Å²) in [5, 5.41) is 12.4. The molecule has 0 saturated carbocycles. The first-order valence-corrected chi connectivity index (χ1v) is 7.16. The Morgan fingerprint density at radius 1 is 1.26 bits per heavy atom. The Morgan fingerprint density at radius 2 is 1.95 bits per heavy atom. The number of rotatable bonds is 12. The van der Waals surface area contributed by atoms with E-state index >= 15 is 0 Å². The number of likely N-dealkylation sites (N-methyl/N-ethyl adjacent to an activating group) is 1. The Bertz CT molecular complexity index is 246. The number of hydrogen-bond donors (Lipinski definition) is 2. The van der Waals surface area contributed by atoms with Crippen LogP contribution in [0.2, 0.25) is 0 Å². The molecule has 1 atom stereocenters. The van der Waals surface area contributed by atoms with Crippen molar-refractivity contribution in [2.75, 3.05) is 26.4 Å². The maximum atomic E-state index is 11.4. The van der Waals surface area contributed by atoms with Crippen LogP contribution in [0.25, 0.3) is 0 Å². The summed E-state index contributed by atoms with van der Waals surface area (Å²) in [5.74, 6) is -0.778. The molecule has 5 nitrogen and oxygen atoms in total. The fourth-order valence-electron chi connectivity index (χ4n) is 1.98. The topological polar surface area (TPSA) is 67.8 Å². The zero-order valence-corrected chi connectivity index (χ0v) is 12.7. The van der Waals surface area contributed by atoms with Gasteiger partial charge < -0.3 is 19.9 Å². The third-order valence-electron chi connectivity index (χ3n) is 3.10. The van der Waals surface area contributed by atoms with Gasteiger partial charge >= 0.3 is 5.97 Å². The summed E-state index contributed by atoms with van der Waals surface area (Å²) in [6.07, 6.45) is 2.11. The first-order chi connectivity index (χ1) is 8.98. The summed E-state index contributed by atoms with van der Waals surface area (Å²) in [4.78, 5) is 11.4. The minimum atomic E-state index is -0.813. The van der Waals surface area contributed by atoms with Gasteiger partial charge in [0, 0.05) is 6.61 Å². The molecule has 0 aliphatic carbocycles. The molecule has 0 rings (SSSR count). The van der Waals surface area contributed by atoms with Crippen LogP contribution in [-0.4, -0.2) is 49.1 Å². The molecule has 0 spiro atoms. The predicted octanol–water partition coefficient (Wildman–Crippen LogP) is 2.05. The second kappa shape index (κ2) is 10.2. The van der Waals surface area contributed by atoms with Crippen LogP contribution >= 0.6 is 0 Å². The van der Waals surface area contributed by atoms with E-state index in [9.17, 15) is 9.90 Å². The van der Waals surface area contributed by atoms with Crippen LogP contribution in [0.1, 0.15) is 47.0 Å². The van der Waals surface area contributed by atoms with Crippen molar-refractivity contribution < 1.29 is 19.4 Å². The van der Waals surface area contributed by atoms with E-state index in [0.717, 1.165) is 6.42 Å². The molecule has 0 radical (unpaired) electrons. The molecule has 0 bridgehead atoms. The molecule has 19 heavy (non-hydrogen) atoms. The molecule has 2 N–H and O–H groups in total.